The van der Waals surface area contributed by atoms with E-state index in [9.17, 15) is 0 Å². The van der Waals surface area contributed by atoms with Crippen molar-refractivity contribution in [1.82, 2.24) is 24.8 Å². The van der Waals surface area contributed by atoms with E-state index in [1.165, 1.54) is 60.8 Å². The van der Waals surface area contributed by atoms with Gasteiger partial charge in [0.05, 0.1) is 11.1 Å². The number of nitrogens with one attached hydrogen (secondary N) is 1. The summed E-state index contributed by atoms with van der Waals surface area (Å²) in [5, 5.41) is 5.06. The molecule has 0 radical (unpaired) electrons. The fraction of sp³-hybridized carbons (Fsp3) is 0.524. The Labute approximate surface area is 169 Å². The highest BCUT2D eigenvalue weighted by Gasteiger charge is 2.26. The second-order valence-corrected chi connectivity index (χ2v) is 9.11. The highest BCUT2D eigenvalue weighted by Crippen LogP contribution is 2.39. The van der Waals surface area contributed by atoms with E-state index < -0.39 is 0 Å². The Morgan fingerprint density at radius 1 is 1.11 bits per heavy atom. The van der Waals surface area contributed by atoms with Crippen LogP contribution < -0.4 is 5.32 Å². The summed E-state index contributed by atoms with van der Waals surface area (Å²) >= 11 is 1.86. The molecule has 2 aliphatic rings. The summed E-state index contributed by atoms with van der Waals surface area (Å²) in [4.78, 5) is 22.8. The van der Waals surface area contributed by atoms with E-state index in [1.54, 1.807) is 18.7 Å². The van der Waals surface area contributed by atoms with Crippen molar-refractivity contribution in [1.29, 1.82) is 0 Å². The molecule has 0 aliphatic heterocycles. The van der Waals surface area contributed by atoms with Crippen LogP contribution >= 0.6 is 11.3 Å². The highest BCUT2D eigenvalue weighted by atomic mass is 32.1. The lowest BCUT2D eigenvalue weighted by molar-refractivity contribution is 0.177. The van der Waals surface area contributed by atoms with Crippen molar-refractivity contribution in [3.63, 3.8) is 0 Å². The molecule has 146 valence electrons. The summed E-state index contributed by atoms with van der Waals surface area (Å²) in [6, 6.07) is 1.10. The molecule has 2 aliphatic carbocycles. The molecule has 1 saturated carbocycles. The van der Waals surface area contributed by atoms with E-state index in [0.29, 0.717) is 12.1 Å². The molecule has 0 spiro atoms. The van der Waals surface area contributed by atoms with Crippen molar-refractivity contribution in [2.45, 2.75) is 63.6 Å². The van der Waals surface area contributed by atoms with Gasteiger partial charge in [-0.3, -0.25) is 14.9 Å². The maximum absolute atomic E-state index is 4.62. The Balaban J connectivity index is 1.23. The summed E-state index contributed by atoms with van der Waals surface area (Å²) in [5.41, 5.74) is 2.54. The van der Waals surface area contributed by atoms with Crippen LogP contribution in [0.25, 0.3) is 10.2 Å². The number of aromatic nitrogens is 4. The molecule has 0 aromatic carbocycles. The van der Waals surface area contributed by atoms with Crippen LogP contribution in [-0.4, -0.2) is 44.0 Å². The first-order valence-corrected chi connectivity index (χ1v) is 11.1. The van der Waals surface area contributed by atoms with Gasteiger partial charge in [-0.15, -0.1) is 11.3 Å². The third-order valence-corrected chi connectivity index (χ3v) is 7.39. The monoisotopic (exact) mass is 394 g/mol. The van der Waals surface area contributed by atoms with Crippen molar-refractivity contribution >= 4 is 27.4 Å². The average molecular weight is 395 g/mol. The molecule has 28 heavy (non-hydrogen) atoms. The fourth-order valence-electron chi connectivity index (χ4n) is 4.69. The van der Waals surface area contributed by atoms with Gasteiger partial charge in [0, 0.05) is 42.1 Å². The van der Waals surface area contributed by atoms with Crippen LogP contribution in [0.5, 0.6) is 0 Å². The Morgan fingerprint density at radius 2 is 2.00 bits per heavy atom. The lowest BCUT2D eigenvalue weighted by Gasteiger charge is -2.35. The maximum atomic E-state index is 4.62. The highest BCUT2D eigenvalue weighted by molar-refractivity contribution is 7.19. The lowest BCUT2D eigenvalue weighted by atomic mass is 9.90. The molecule has 3 heterocycles. The zero-order chi connectivity index (χ0) is 18.9. The maximum Gasteiger partial charge on any atom is 0.138 e. The largest absolute Gasteiger partial charge is 0.367 e. The summed E-state index contributed by atoms with van der Waals surface area (Å²) in [7, 11) is 2.20. The molecule has 7 heteroatoms. The number of fused-ring (bicyclic) bond motifs is 3. The molecule has 0 bridgehead atoms. The zero-order valence-corrected chi connectivity index (χ0v) is 17.1. The van der Waals surface area contributed by atoms with Crippen molar-refractivity contribution in [2.75, 3.05) is 12.4 Å². The lowest BCUT2D eigenvalue weighted by Crippen LogP contribution is -2.38. The summed E-state index contributed by atoms with van der Waals surface area (Å²) in [5.74, 6) is 1.06. The van der Waals surface area contributed by atoms with Gasteiger partial charge >= 0.3 is 0 Å². The topological polar surface area (TPSA) is 66.8 Å². The Morgan fingerprint density at radius 3 is 2.82 bits per heavy atom. The van der Waals surface area contributed by atoms with Crippen molar-refractivity contribution in [2.24, 2.45) is 0 Å². The molecule has 0 unspecified atom stereocenters. The van der Waals surface area contributed by atoms with Gasteiger partial charge in [0.1, 0.15) is 17.0 Å². The van der Waals surface area contributed by atoms with Gasteiger partial charge in [-0.05, 0) is 57.6 Å². The van der Waals surface area contributed by atoms with Crippen LogP contribution in [0, 0.1) is 0 Å². The second-order valence-electron chi connectivity index (χ2n) is 8.02. The number of thiophene rings is 1. The third-order valence-electron chi connectivity index (χ3n) is 6.19. The number of aryl methyl sites for hydroxylation is 2. The smallest absolute Gasteiger partial charge is 0.138 e. The van der Waals surface area contributed by atoms with Gasteiger partial charge in [-0.1, -0.05) is 0 Å². The van der Waals surface area contributed by atoms with Crippen LogP contribution in [0.15, 0.2) is 24.9 Å². The number of nitrogens with zero attached hydrogens (tertiary/aromatic N) is 5. The standard InChI is InChI=1S/C21H26N6S/c1-27(12-15-11-22-9-10-23-15)16-7-5-14(6-8-16)26-20-19-17-3-2-4-18(17)28-21(19)25-13-24-20/h9-11,13-14,16H,2-8,12H2,1H3,(H,24,25,26)/t14-,16-. The van der Waals surface area contributed by atoms with E-state index in [-0.39, 0.29) is 0 Å². The first kappa shape index (κ1) is 17.9. The molecular formula is C21H26N6S. The quantitative estimate of drug-likeness (QED) is 0.709. The summed E-state index contributed by atoms with van der Waals surface area (Å²) in [6.07, 6.45) is 15.5. The first-order valence-electron chi connectivity index (χ1n) is 10.2. The Hall–Kier alpha value is -2.12. The molecule has 0 amide bonds. The van der Waals surface area contributed by atoms with Gasteiger partial charge in [-0.25, -0.2) is 9.97 Å². The number of hydrogen-bond donors (Lipinski definition) is 1. The SMILES string of the molecule is CN(Cc1cnccn1)[C@H]1CC[C@H](Nc2ncnc3sc4c(c23)CCC4)CC1. The number of hydrogen-bond acceptors (Lipinski definition) is 7. The molecule has 0 saturated heterocycles. The van der Waals surface area contributed by atoms with Crippen LogP contribution in [0.4, 0.5) is 5.82 Å². The molecule has 0 atom stereocenters. The summed E-state index contributed by atoms with van der Waals surface area (Å²) < 4.78 is 0. The minimum Gasteiger partial charge on any atom is -0.367 e. The Bertz CT molecular complexity index is 948. The van der Waals surface area contributed by atoms with E-state index in [0.717, 1.165) is 22.9 Å². The second kappa shape index (κ2) is 7.72. The minimum absolute atomic E-state index is 0.497. The van der Waals surface area contributed by atoms with Gasteiger partial charge < -0.3 is 5.32 Å². The van der Waals surface area contributed by atoms with Crippen molar-refractivity contribution < 1.29 is 0 Å². The van der Waals surface area contributed by atoms with Crippen molar-refractivity contribution in [3.05, 3.63) is 41.1 Å². The average Bonchev–Trinajstić information content (AvgIpc) is 3.31. The molecular weight excluding hydrogens is 368 g/mol. The van der Waals surface area contributed by atoms with E-state index >= 15 is 0 Å². The van der Waals surface area contributed by atoms with Gasteiger partial charge in [-0.2, -0.15) is 0 Å². The molecule has 3 aromatic heterocycles. The number of anilines is 1. The van der Waals surface area contributed by atoms with Crippen LogP contribution in [-0.2, 0) is 19.4 Å². The van der Waals surface area contributed by atoms with Crippen LogP contribution in [0.3, 0.4) is 0 Å². The fourth-order valence-corrected chi connectivity index (χ4v) is 5.92. The third kappa shape index (κ3) is 3.49. The predicted molar refractivity (Wildman–Crippen MR) is 113 cm³/mol. The molecule has 3 aromatic rings. The van der Waals surface area contributed by atoms with Crippen LogP contribution in [0.1, 0.15) is 48.2 Å². The van der Waals surface area contributed by atoms with E-state index in [1.807, 2.05) is 17.5 Å². The molecule has 1 fully saturated rings. The van der Waals surface area contributed by atoms with E-state index in [4.69, 9.17) is 0 Å². The zero-order valence-electron chi connectivity index (χ0n) is 16.3. The van der Waals surface area contributed by atoms with Crippen LogP contribution in [0.2, 0.25) is 0 Å². The number of rotatable bonds is 5. The van der Waals surface area contributed by atoms with E-state index in [2.05, 4.69) is 37.2 Å². The summed E-state index contributed by atoms with van der Waals surface area (Å²) in [6.45, 7) is 0.865. The van der Waals surface area contributed by atoms with Gasteiger partial charge in [0.25, 0.3) is 0 Å². The van der Waals surface area contributed by atoms with Gasteiger partial charge in [0.15, 0.2) is 0 Å². The molecule has 6 nitrogen and oxygen atoms in total. The van der Waals surface area contributed by atoms with Crippen molar-refractivity contribution in [3.8, 4) is 0 Å². The minimum atomic E-state index is 0.497. The molecule has 5 rings (SSSR count). The first-order chi connectivity index (χ1) is 13.8. The Kier molecular flexibility index (Phi) is 4.94. The molecule has 1 N–H and O–H groups in total. The predicted octanol–water partition coefficient (Wildman–Crippen LogP) is 3.83. The normalized spacial score (nSPS) is 21.9. The van der Waals surface area contributed by atoms with Gasteiger partial charge in [0.2, 0.25) is 0 Å².